The number of carbonyl (C=O) groups excluding carboxylic acids is 2. The molecule has 138 valence electrons. The van der Waals surface area contributed by atoms with Crippen molar-refractivity contribution in [2.45, 2.75) is 38.1 Å². The fraction of sp³-hybridized carbons (Fsp3) is 0.579. The molecule has 2 amide bonds. The molecule has 5 nitrogen and oxygen atoms in total. The zero-order valence-electron chi connectivity index (χ0n) is 14.6. The zero-order chi connectivity index (χ0) is 16.9. The average molecular weight is 366 g/mol. The Labute approximate surface area is 155 Å². The minimum Gasteiger partial charge on any atom is -0.341 e. The number of hydrogen-bond acceptors (Lipinski definition) is 3. The van der Waals surface area contributed by atoms with Gasteiger partial charge in [-0.3, -0.25) is 9.59 Å². The van der Waals surface area contributed by atoms with E-state index in [1.165, 1.54) is 0 Å². The van der Waals surface area contributed by atoms with Gasteiger partial charge in [-0.2, -0.15) is 0 Å². The van der Waals surface area contributed by atoms with Crippen LogP contribution in [0.2, 0.25) is 0 Å². The molecule has 1 aliphatic heterocycles. The molecule has 2 N–H and O–H groups in total. The van der Waals surface area contributed by atoms with E-state index in [-0.39, 0.29) is 36.2 Å². The fourth-order valence-electron chi connectivity index (χ4n) is 3.81. The second-order valence-corrected chi connectivity index (χ2v) is 6.96. The molecule has 2 atom stereocenters. The van der Waals surface area contributed by atoms with Crippen molar-refractivity contribution in [1.29, 1.82) is 0 Å². The SMILES string of the molecule is Cl.NC1CCCC(C(=O)N2CCCN(C(=O)c3ccccc3)CC2)C1. The summed E-state index contributed by atoms with van der Waals surface area (Å²) in [4.78, 5) is 29.2. The van der Waals surface area contributed by atoms with Gasteiger partial charge in [0.05, 0.1) is 0 Å². The molecule has 25 heavy (non-hydrogen) atoms. The van der Waals surface area contributed by atoms with E-state index < -0.39 is 0 Å². The fourth-order valence-corrected chi connectivity index (χ4v) is 3.81. The van der Waals surface area contributed by atoms with Crippen molar-refractivity contribution in [3.05, 3.63) is 35.9 Å². The van der Waals surface area contributed by atoms with Gasteiger partial charge in [-0.25, -0.2) is 0 Å². The summed E-state index contributed by atoms with van der Waals surface area (Å²) >= 11 is 0. The Morgan fingerprint density at radius 2 is 1.60 bits per heavy atom. The predicted octanol–water partition coefficient (Wildman–Crippen LogP) is 2.30. The number of nitrogens with zero attached hydrogens (tertiary/aromatic N) is 2. The summed E-state index contributed by atoms with van der Waals surface area (Å²) in [6, 6.07) is 9.53. The smallest absolute Gasteiger partial charge is 0.253 e. The molecule has 2 unspecified atom stereocenters. The highest BCUT2D eigenvalue weighted by molar-refractivity contribution is 5.94. The van der Waals surface area contributed by atoms with Crippen LogP contribution in [0.1, 0.15) is 42.5 Å². The third-order valence-corrected chi connectivity index (χ3v) is 5.18. The summed E-state index contributed by atoms with van der Waals surface area (Å²) < 4.78 is 0. The lowest BCUT2D eigenvalue weighted by Gasteiger charge is -2.30. The Balaban J connectivity index is 0.00000225. The van der Waals surface area contributed by atoms with Crippen LogP contribution in [0, 0.1) is 5.92 Å². The van der Waals surface area contributed by atoms with Gasteiger partial charge in [0.2, 0.25) is 5.91 Å². The number of carbonyl (C=O) groups is 2. The third-order valence-electron chi connectivity index (χ3n) is 5.18. The maximum absolute atomic E-state index is 12.8. The molecule has 1 aliphatic carbocycles. The Morgan fingerprint density at radius 3 is 2.32 bits per heavy atom. The number of hydrogen-bond donors (Lipinski definition) is 1. The number of amides is 2. The molecular weight excluding hydrogens is 338 g/mol. The molecule has 6 heteroatoms. The van der Waals surface area contributed by atoms with Crippen molar-refractivity contribution in [3.63, 3.8) is 0 Å². The first-order chi connectivity index (χ1) is 11.6. The van der Waals surface area contributed by atoms with E-state index in [0.717, 1.165) is 44.2 Å². The molecule has 0 bridgehead atoms. The van der Waals surface area contributed by atoms with Crippen LogP contribution in [0.4, 0.5) is 0 Å². The van der Waals surface area contributed by atoms with Gasteiger partial charge in [-0.15, -0.1) is 12.4 Å². The van der Waals surface area contributed by atoms with E-state index in [2.05, 4.69) is 0 Å². The first kappa shape index (κ1) is 19.7. The number of benzene rings is 1. The zero-order valence-corrected chi connectivity index (χ0v) is 15.4. The number of halogens is 1. The Hall–Kier alpha value is -1.59. The highest BCUT2D eigenvalue weighted by Gasteiger charge is 2.30. The summed E-state index contributed by atoms with van der Waals surface area (Å²) in [6.45, 7) is 2.69. The molecule has 1 saturated carbocycles. The van der Waals surface area contributed by atoms with Crippen molar-refractivity contribution < 1.29 is 9.59 Å². The van der Waals surface area contributed by atoms with E-state index in [9.17, 15) is 9.59 Å². The van der Waals surface area contributed by atoms with Crippen molar-refractivity contribution in [1.82, 2.24) is 9.80 Å². The largest absolute Gasteiger partial charge is 0.341 e. The molecule has 0 radical (unpaired) electrons. The van der Waals surface area contributed by atoms with Gasteiger partial charge in [0.15, 0.2) is 0 Å². The van der Waals surface area contributed by atoms with E-state index in [0.29, 0.717) is 19.6 Å². The second-order valence-electron chi connectivity index (χ2n) is 6.96. The van der Waals surface area contributed by atoms with Crippen LogP contribution in [0.5, 0.6) is 0 Å². The van der Waals surface area contributed by atoms with Crippen molar-refractivity contribution >= 4 is 24.2 Å². The molecule has 1 aromatic rings. The van der Waals surface area contributed by atoms with Crippen molar-refractivity contribution in [2.75, 3.05) is 26.2 Å². The van der Waals surface area contributed by atoms with Crippen molar-refractivity contribution in [2.24, 2.45) is 11.7 Å². The summed E-state index contributed by atoms with van der Waals surface area (Å²) in [5.41, 5.74) is 6.74. The molecule has 0 spiro atoms. The Bertz CT molecular complexity index is 581. The summed E-state index contributed by atoms with van der Waals surface area (Å²) in [6.07, 6.45) is 4.67. The maximum Gasteiger partial charge on any atom is 0.253 e. The second kappa shape index (κ2) is 9.20. The lowest BCUT2D eigenvalue weighted by molar-refractivity contribution is -0.136. The van der Waals surface area contributed by atoms with Crippen LogP contribution < -0.4 is 5.73 Å². The first-order valence-corrected chi connectivity index (χ1v) is 9.04. The van der Waals surface area contributed by atoms with Gasteiger partial charge >= 0.3 is 0 Å². The highest BCUT2D eigenvalue weighted by atomic mass is 35.5. The minimum atomic E-state index is 0. The molecule has 1 heterocycles. The van der Waals surface area contributed by atoms with Crippen LogP contribution >= 0.6 is 12.4 Å². The molecule has 2 aliphatic rings. The summed E-state index contributed by atoms with van der Waals surface area (Å²) in [7, 11) is 0. The molecule has 3 rings (SSSR count). The van der Waals surface area contributed by atoms with Crippen LogP contribution in [0.3, 0.4) is 0 Å². The van der Waals surface area contributed by atoms with Crippen LogP contribution in [-0.2, 0) is 4.79 Å². The summed E-state index contributed by atoms with van der Waals surface area (Å²) in [5.74, 6) is 0.369. The topological polar surface area (TPSA) is 66.6 Å². The van der Waals surface area contributed by atoms with E-state index in [4.69, 9.17) is 5.73 Å². The van der Waals surface area contributed by atoms with Crippen LogP contribution in [0.25, 0.3) is 0 Å². The van der Waals surface area contributed by atoms with Gasteiger partial charge in [-0.1, -0.05) is 24.6 Å². The standard InChI is InChI=1S/C19H27N3O2.ClH/c20-17-9-4-8-16(14-17)19(24)22-11-5-10-21(12-13-22)18(23)15-6-2-1-3-7-15;/h1-3,6-7,16-17H,4-5,8-14,20H2;1H. The predicted molar refractivity (Wildman–Crippen MR) is 101 cm³/mol. The number of nitrogens with two attached hydrogens (primary N) is 1. The average Bonchev–Trinajstić information content (AvgIpc) is 2.87. The maximum atomic E-state index is 12.8. The van der Waals surface area contributed by atoms with Crippen LogP contribution in [0.15, 0.2) is 30.3 Å². The van der Waals surface area contributed by atoms with Gasteiger partial charge in [-0.05, 0) is 37.8 Å². The van der Waals surface area contributed by atoms with Gasteiger partial charge < -0.3 is 15.5 Å². The monoisotopic (exact) mass is 365 g/mol. The summed E-state index contributed by atoms with van der Waals surface area (Å²) in [5, 5.41) is 0. The lowest BCUT2D eigenvalue weighted by Crippen LogP contribution is -2.42. The Kier molecular flexibility index (Phi) is 7.26. The van der Waals surface area contributed by atoms with E-state index in [1.54, 1.807) is 0 Å². The van der Waals surface area contributed by atoms with E-state index in [1.807, 2.05) is 40.1 Å². The van der Waals surface area contributed by atoms with Crippen LogP contribution in [-0.4, -0.2) is 53.8 Å². The van der Waals surface area contributed by atoms with Gasteiger partial charge in [0.25, 0.3) is 5.91 Å². The van der Waals surface area contributed by atoms with E-state index >= 15 is 0 Å². The molecule has 1 saturated heterocycles. The first-order valence-electron chi connectivity index (χ1n) is 9.04. The highest BCUT2D eigenvalue weighted by Crippen LogP contribution is 2.25. The minimum absolute atomic E-state index is 0. The lowest BCUT2D eigenvalue weighted by atomic mass is 9.85. The normalized spacial score (nSPS) is 24.2. The Morgan fingerprint density at radius 1 is 0.920 bits per heavy atom. The molecule has 2 fully saturated rings. The molecule has 1 aromatic carbocycles. The van der Waals surface area contributed by atoms with Crippen molar-refractivity contribution in [3.8, 4) is 0 Å². The quantitative estimate of drug-likeness (QED) is 0.874. The molecular formula is C19H28ClN3O2. The molecule has 0 aromatic heterocycles. The van der Waals surface area contributed by atoms with Gasteiger partial charge in [0.1, 0.15) is 0 Å². The van der Waals surface area contributed by atoms with Gasteiger partial charge in [0, 0.05) is 43.7 Å². The number of rotatable bonds is 2. The third kappa shape index (κ3) is 4.95.